The molecular formula is C16H13Cl2N3O4S. The number of nitrogens with zero attached hydrogens (tertiary/aromatic N) is 2. The number of para-hydroxylation sites is 2. The first-order valence-corrected chi connectivity index (χ1v) is 8.92. The van der Waals surface area contributed by atoms with Crippen molar-refractivity contribution in [3.05, 3.63) is 62.6 Å². The monoisotopic (exact) mass is 413 g/mol. The molecule has 0 saturated carbocycles. The summed E-state index contributed by atoms with van der Waals surface area (Å²) in [5.41, 5.74) is 0.262. The second-order valence-corrected chi connectivity index (χ2v) is 6.80. The lowest BCUT2D eigenvalue weighted by molar-refractivity contribution is -0.383. The minimum absolute atomic E-state index is 0.0711. The predicted octanol–water partition coefficient (Wildman–Crippen LogP) is 4.83. The Balaban J connectivity index is 1.98. The summed E-state index contributed by atoms with van der Waals surface area (Å²) in [4.78, 5) is 35.9. The first-order valence-electron chi connectivity index (χ1n) is 7.18. The number of hydrogen-bond acceptors (Lipinski definition) is 5. The average molecular weight is 414 g/mol. The van der Waals surface area contributed by atoms with E-state index in [1.54, 1.807) is 18.2 Å². The molecule has 26 heavy (non-hydrogen) atoms. The van der Waals surface area contributed by atoms with Crippen LogP contribution < -0.4 is 10.2 Å². The Morgan fingerprint density at radius 2 is 1.92 bits per heavy atom. The zero-order chi connectivity index (χ0) is 19.3. The molecule has 2 rings (SSSR count). The van der Waals surface area contributed by atoms with Crippen molar-refractivity contribution >= 4 is 63.2 Å². The van der Waals surface area contributed by atoms with Crippen LogP contribution >= 0.6 is 35.0 Å². The molecule has 0 heterocycles. The van der Waals surface area contributed by atoms with Gasteiger partial charge < -0.3 is 10.2 Å². The average Bonchev–Trinajstić information content (AvgIpc) is 2.61. The molecule has 0 aliphatic heterocycles. The Morgan fingerprint density at radius 3 is 2.62 bits per heavy atom. The largest absolute Gasteiger partial charge is 0.320 e. The van der Waals surface area contributed by atoms with Crippen molar-refractivity contribution in [3.8, 4) is 0 Å². The number of anilines is 2. The van der Waals surface area contributed by atoms with E-state index >= 15 is 0 Å². The van der Waals surface area contributed by atoms with Crippen LogP contribution in [0.5, 0.6) is 0 Å². The minimum atomic E-state index is -0.594. The van der Waals surface area contributed by atoms with E-state index in [9.17, 15) is 19.7 Å². The Morgan fingerprint density at radius 1 is 1.23 bits per heavy atom. The molecule has 7 nitrogen and oxygen atoms in total. The van der Waals surface area contributed by atoms with Gasteiger partial charge in [-0.15, -0.1) is 0 Å². The molecule has 0 bridgehead atoms. The van der Waals surface area contributed by atoms with Crippen LogP contribution in [-0.4, -0.2) is 28.9 Å². The highest BCUT2D eigenvalue weighted by Crippen LogP contribution is 2.30. The molecule has 0 radical (unpaired) electrons. The van der Waals surface area contributed by atoms with Crippen molar-refractivity contribution in [2.24, 2.45) is 0 Å². The third-order valence-electron chi connectivity index (χ3n) is 3.24. The highest BCUT2D eigenvalue weighted by molar-refractivity contribution is 8.14. The molecule has 2 aromatic carbocycles. The van der Waals surface area contributed by atoms with Gasteiger partial charge in [0.2, 0.25) is 5.91 Å². The molecule has 136 valence electrons. The highest BCUT2D eigenvalue weighted by atomic mass is 35.5. The molecule has 0 aromatic heterocycles. The van der Waals surface area contributed by atoms with Crippen LogP contribution in [0.15, 0.2) is 42.5 Å². The van der Waals surface area contributed by atoms with Gasteiger partial charge in [0.1, 0.15) is 5.69 Å². The van der Waals surface area contributed by atoms with Crippen LogP contribution in [-0.2, 0) is 4.79 Å². The zero-order valence-electron chi connectivity index (χ0n) is 13.4. The van der Waals surface area contributed by atoms with Crippen LogP contribution in [0, 0.1) is 10.1 Å². The van der Waals surface area contributed by atoms with Crippen LogP contribution in [0.4, 0.5) is 21.9 Å². The molecule has 2 aromatic rings. The van der Waals surface area contributed by atoms with Gasteiger partial charge in [-0.05, 0) is 24.3 Å². The fourth-order valence-electron chi connectivity index (χ4n) is 1.99. The first kappa shape index (κ1) is 20.0. The third kappa shape index (κ3) is 5.10. The van der Waals surface area contributed by atoms with Gasteiger partial charge in [-0.25, -0.2) is 0 Å². The summed E-state index contributed by atoms with van der Waals surface area (Å²) in [5, 5.41) is 13.7. The van der Waals surface area contributed by atoms with Gasteiger partial charge in [0.25, 0.3) is 10.9 Å². The summed E-state index contributed by atoms with van der Waals surface area (Å²) in [5.74, 6) is -0.754. The van der Waals surface area contributed by atoms with Crippen molar-refractivity contribution < 1.29 is 14.5 Å². The Kier molecular flexibility index (Phi) is 6.84. The minimum Gasteiger partial charge on any atom is -0.320 e. The first-order chi connectivity index (χ1) is 12.3. The summed E-state index contributed by atoms with van der Waals surface area (Å²) in [6.07, 6.45) is 0. The van der Waals surface area contributed by atoms with Crippen molar-refractivity contribution in [1.82, 2.24) is 0 Å². The van der Waals surface area contributed by atoms with Gasteiger partial charge in [-0.1, -0.05) is 47.1 Å². The Hall–Kier alpha value is -2.29. The summed E-state index contributed by atoms with van der Waals surface area (Å²) in [6.45, 7) is 0. The van der Waals surface area contributed by atoms with E-state index in [1.165, 1.54) is 36.2 Å². The predicted molar refractivity (Wildman–Crippen MR) is 104 cm³/mol. The van der Waals surface area contributed by atoms with Crippen LogP contribution in [0.3, 0.4) is 0 Å². The maximum atomic E-state index is 12.2. The molecule has 0 fully saturated rings. The SMILES string of the molecule is CN(C(=O)SCC(=O)Nc1ccccc1[N+](=O)[O-])c1cc(Cl)ccc1Cl. The quantitative estimate of drug-likeness (QED) is 0.559. The van der Waals surface area contributed by atoms with Crippen molar-refractivity contribution in [2.75, 3.05) is 23.0 Å². The number of benzene rings is 2. The van der Waals surface area contributed by atoms with E-state index in [-0.39, 0.29) is 17.1 Å². The molecular weight excluding hydrogens is 401 g/mol. The number of nitro benzene ring substituents is 1. The standard InChI is InChI=1S/C16H13Cl2N3O4S/c1-20(14-8-10(17)6-7-11(14)18)16(23)26-9-15(22)19-12-4-2-3-5-13(12)21(24)25/h2-8H,9H2,1H3,(H,19,22). The fraction of sp³-hybridized carbons (Fsp3) is 0.125. The van der Waals surface area contributed by atoms with E-state index < -0.39 is 16.1 Å². The van der Waals surface area contributed by atoms with E-state index in [4.69, 9.17) is 23.2 Å². The smallest absolute Gasteiger partial charge is 0.292 e. The number of amides is 2. The van der Waals surface area contributed by atoms with Gasteiger partial charge in [-0.2, -0.15) is 0 Å². The van der Waals surface area contributed by atoms with Crippen LogP contribution in [0.1, 0.15) is 0 Å². The summed E-state index contributed by atoms with van der Waals surface area (Å²) in [7, 11) is 1.51. The molecule has 0 unspecified atom stereocenters. The van der Waals surface area contributed by atoms with Gasteiger partial charge in [0.05, 0.1) is 21.4 Å². The number of halogens is 2. The van der Waals surface area contributed by atoms with E-state index in [0.717, 1.165) is 11.8 Å². The van der Waals surface area contributed by atoms with Crippen LogP contribution in [0.2, 0.25) is 10.0 Å². The van der Waals surface area contributed by atoms with Crippen molar-refractivity contribution in [3.63, 3.8) is 0 Å². The van der Waals surface area contributed by atoms with Gasteiger partial charge in [0, 0.05) is 18.1 Å². The molecule has 0 atom stereocenters. The maximum absolute atomic E-state index is 12.2. The number of nitro groups is 1. The van der Waals surface area contributed by atoms with E-state index in [0.29, 0.717) is 15.7 Å². The summed E-state index contributed by atoms with van der Waals surface area (Å²) < 4.78 is 0. The number of carbonyl (C=O) groups is 2. The lowest BCUT2D eigenvalue weighted by Crippen LogP contribution is -2.24. The third-order valence-corrected chi connectivity index (χ3v) is 4.73. The lowest BCUT2D eigenvalue weighted by atomic mass is 10.2. The number of thioether (sulfide) groups is 1. The molecule has 0 aliphatic rings. The molecule has 0 saturated heterocycles. The molecule has 0 spiro atoms. The number of carbonyl (C=O) groups excluding carboxylic acids is 2. The highest BCUT2D eigenvalue weighted by Gasteiger charge is 2.18. The van der Waals surface area contributed by atoms with E-state index in [1.807, 2.05) is 0 Å². The van der Waals surface area contributed by atoms with Crippen LogP contribution in [0.25, 0.3) is 0 Å². The number of rotatable bonds is 5. The van der Waals surface area contributed by atoms with E-state index in [2.05, 4.69) is 5.32 Å². The van der Waals surface area contributed by atoms with Gasteiger partial charge in [0.15, 0.2) is 0 Å². The fourth-order valence-corrected chi connectivity index (χ4v) is 3.02. The maximum Gasteiger partial charge on any atom is 0.292 e. The normalized spacial score (nSPS) is 10.3. The van der Waals surface area contributed by atoms with Crippen molar-refractivity contribution in [2.45, 2.75) is 0 Å². The molecule has 0 aliphatic carbocycles. The number of nitrogens with one attached hydrogen (secondary N) is 1. The summed E-state index contributed by atoms with van der Waals surface area (Å²) >= 11 is 12.7. The molecule has 10 heteroatoms. The second-order valence-electron chi connectivity index (χ2n) is 5.03. The molecule has 1 N–H and O–H groups in total. The van der Waals surface area contributed by atoms with Crippen molar-refractivity contribution in [1.29, 1.82) is 0 Å². The topological polar surface area (TPSA) is 92.6 Å². The van der Waals surface area contributed by atoms with Gasteiger partial charge in [-0.3, -0.25) is 19.7 Å². The summed E-state index contributed by atoms with van der Waals surface area (Å²) in [6, 6.07) is 10.5. The zero-order valence-corrected chi connectivity index (χ0v) is 15.8. The number of hydrogen-bond donors (Lipinski definition) is 1. The lowest BCUT2D eigenvalue weighted by Gasteiger charge is -2.18. The Labute approximate surface area is 163 Å². The molecule has 2 amide bonds. The Bertz CT molecular complexity index is 863. The second kappa shape index (κ2) is 8.88. The van der Waals surface area contributed by atoms with Gasteiger partial charge >= 0.3 is 0 Å².